The van der Waals surface area contributed by atoms with Crippen LogP contribution in [0.4, 0.5) is 0 Å². The van der Waals surface area contributed by atoms with Crippen molar-refractivity contribution in [3.63, 3.8) is 0 Å². The molecule has 0 saturated carbocycles. The zero-order valence-corrected chi connectivity index (χ0v) is 12.0. The zero-order chi connectivity index (χ0) is 15.5. The fourth-order valence-electron chi connectivity index (χ4n) is 2.09. The first-order valence-corrected chi connectivity index (χ1v) is 6.66. The Kier molecular flexibility index (Phi) is 4.24. The fourth-order valence-corrected chi connectivity index (χ4v) is 2.09. The molecule has 0 spiro atoms. The third-order valence-electron chi connectivity index (χ3n) is 3.55. The molecule has 1 aliphatic rings. The molecule has 1 heterocycles. The van der Waals surface area contributed by atoms with Gasteiger partial charge in [0.15, 0.2) is 0 Å². The highest BCUT2D eigenvalue weighted by Gasteiger charge is 2.40. The Bertz CT molecular complexity index is 587. The van der Waals surface area contributed by atoms with Crippen LogP contribution in [0.2, 0.25) is 0 Å². The van der Waals surface area contributed by atoms with Crippen LogP contribution in [0.15, 0.2) is 24.3 Å². The van der Waals surface area contributed by atoms with E-state index in [9.17, 15) is 9.59 Å². The number of hydrogen-bond donors (Lipinski definition) is 1. The molecule has 0 unspecified atom stereocenters. The van der Waals surface area contributed by atoms with Gasteiger partial charge in [0.05, 0.1) is 23.7 Å². The van der Waals surface area contributed by atoms with Gasteiger partial charge < -0.3 is 4.74 Å². The highest BCUT2D eigenvalue weighted by atomic mass is 16.5. The fraction of sp³-hybridized carbons (Fsp3) is 0.400. The van der Waals surface area contributed by atoms with E-state index < -0.39 is 5.54 Å². The lowest BCUT2D eigenvalue weighted by molar-refractivity contribution is -0.145. The maximum Gasteiger partial charge on any atom is 0.246 e. The summed E-state index contributed by atoms with van der Waals surface area (Å²) in [6.45, 7) is 4.55. The van der Waals surface area contributed by atoms with Crippen LogP contribution in [-0.2, 0) is 9.59 Å². The van der Waals surface area contributed by atoms with Crippen molar-refractivity contribution < 1.29 is 14.3 Å². The van der Waals surface area contributed by atoms with Gasteiger partial charge in [0.25, 0.3) is 0 Å². The summed E-state index contributed by atoms with van der Waals surface area (Å²) in [6.07, 6.45) is 0. The number of carbonyl (C=O) groups excluding carboxylic acids is 2. The molecule has 1 N–H and O–H groups in total. The smallest absolute Gasteiger partial charge is 0.246 e. The van der Waals surface area contributed by atoms with Crippen LogP contribution >= 0.6 is 0 Å². The number of nitriles is 1. The molecule has 0 atom stereocenters. The lowest BCUT2D eigenvalue weighted by atomic mass is 9.99. The van der Waals surface area contributed by atoms with Crippen LogP contribution in [0.5, 0.6) is 5.75 Å². The van der Waals surface area contributed by atoms with Crippen LogP contribution in [-0.4, -0.2) is 41.9 Å². The maximum absolute atomic E-state index is 11.8. The summed E-state index contributed by atoms with van der Waals surface area (Å²) in [5, 5.41) is 11.0. The monoisotopic (exact) mass is 287 g/mol. The van der Waals surface area contributed by atoms with Crippen LogP contribution in [0.25, 0.3) is 0 Å². The van der Waals surface area contributed by atoms with Crippen molar-refractivity contribution in [3.05, 3.63) is 29.8 Å². The average Bonchev–Trinajstić information content (AvgIpc) is 2.45. The first-order valence-electron chi connectivity index (χ1n) is 6.66. The number of amides is 2. The van der Waals surface area contributed by atoms with Crippen LogP contribution in [0, 0.1) is 11.3 Å². The lowest BCUT2D eigenvalue weighted by Gasteiger charge is -2.39. The van der Waals surface area contributed by atoms with Gasteiger partial charge >= 0.3 is 0 Å². The summed E-state index contributed by atoms with van der Waals surface area (Å²) in [7, 11) is 0. The molecule has 0 aromatic heterocycles. The van der Waals surface area contributed by atoms with Gasteiger partial charge in [0, 0.05) is 6.54 Å². The first-order chi connectivity index (χ1) is 9.93. The summed E-state index contributed by atoms with van der Waals surface area (Å²) >= 11 is 0. The zero-order valence-electron chi connectivity index (χ0n) is 12.0. The molecule has 1 fully saturated rings. The van der Waals surface area contributed by atoms with Crippen molar-refractivity contribution in [1.29, 1.82) is 5.26 Å². The van der Waals surface area contributed by atoms with Crippen molar-refractivity contribution in [2.75, 3.05) is 19.7 Å². The number of piperazine rings is 1. The Morgan fingerprint density at radius 1 is 1.33 bits per heavy atom. The van der Waals surface area contributed by atoms with Crippen molar-refractivity contribution in [2.45, 2.75) is 19.4 Å². The Labute approximate surface area is 123 Å². The molecule has 110 valence electrons. The Balaban J connectivity index is 1.91. The Hall–Kier alpha value is -2.39. The van der Waals surface area contributed by atoms with Gasteiger partial charge in [-0.1, -0.05) is 0 Å². The lowest BCUT2D eigenvalue weighted by Crippen LogP contribution is -2.64. The Morgan fingerprint density at radius 2 is 2.00 bits per heavy atom. The van der Waals surface area contributed by atoms with Gasteiger partial charge in [-0.05, 0) is 38.1 Å². The molecule has 0 bridgehead atoms. The number of nitrogens with one attached hydrogen (secondary N) is 1. The van der Waals surface area contributed by atoms with E-state index in [1.54, 1.807) is 43.0 Å². The molecular weight excluding hydrogens is 270 g/mol. The highest BCUT2D eigenvalue weighted by molar-refractivity contribution is 6.02. The van der Waals surface area contributed by atoms with Gasteiger partial charge in [-0.15, -0.1) is 0 Å². The van der Waals surface area contributed by atoms with Crippen LogP contribution in [0.1, 0.15) is 19.4 Å². The van der Waals surface area contributed by atoms with Crippen LogP contribution < -0.4 is 10.1 Å². The summed E-state index contributed by atoms with van der Waals surface area (Å²) < 4.78 is 5.58. The second-order valence-electron chi connectivity index (χ2n) is 5.34. The van der Waals surface area contributed by atoms with E-state index in [1.165, 1.54) is 0 Å². The van der Waals surface area contributed by atoms with Crippen molar-refractivity contribution in [1.82, 2.24) is 10.2 Å². The number of benzene rings is 1. The molecule has 1 saturated heterocycles. The molecule has 1 aromatic rings. The topological polar surface area (TPSA) is 82.4 Å². The minimum atomic E-state index is -0.734. The standard InChI is InChI=1S/C15H17N3O3/c1-15(2)14(20)17-13(19)10-18(15)7-8-21-12-5-3-11(9-16)4-6-12/h3-6H,7-8,10H2,1-2H3,(H,17,19,20). The molecule has 0 radical (unpaired) electrons. The molecule has 1 aromatic carbocycles. The van der Waals surface area contributed by atoms with Gasteiger partial charge in [-0.2, -0.15) is 5.26 Å². The molecule has 6 nitrogen and oxygen atoms in total. The van der Waals surface area contributed by atoms with Crippen molar-refractivity contribution in [3.8, 4) is 11.8 Å². The molecule has 0 aliphatic carbocycles. The van der Waals surface area contributed by atoms with Crippen molar-refractivity contribution >= 4 is 11.8 Å². The summed E-state index contributed by atoms with van der Waals surface area (Å²) in [5.74, 6) is 0.0643. The molecule has 2 rings (SSSR count). The summed E-state index contributed by atoms with van der Waals surface area (Å²) in [4.78, 5) is 25.0. The maximum atomic E-state index is 11.8. The molecule has 21 heavy (non-hydrogen) atoms. The second kappa shape index (κ2) is 5.94. The van der Waals surface area contributed by atoms with Gasteiger partial charge in [0.2, 0.25) is 11.8 Å². The number of imide groups is 1. The van der Waals surface area contributed by atoms with E-state index in [1.807, 2.05) is 6.07 Å². The first kappa shape index (κ1) is 15.0. The number of carbonyl (C=O) groups is 2. The number of nitrogens with zero attached hydrogens (tertiary/aromatic N) is 2. The normalized spacial score (nSPS) is 18.0. The quantitative estimate of drug-likeness (QED) is 0.823. The summed E-state index contributed by atoms with van der Waals surface area (Å²) in [5.41, 5.74) is -0.163. The molecule has 6 heteroatoms. The summed E-state index contributed by atoms with van der Waals surface area (Å²) in [6, 6.07) is 8.83. The highest BCUT2D eigenvalue weighted by Crippen LogP contribution is 2.18. The number of hydrogen-bond acceptors (Lipinski definition) is 5. The average molecular weight is 287 g/mol. The molecule has 1 aliphatic heterocycles. The molecule has 2 amide bonds. The van der Waals surface area contributed by atoms with E-state index in [-0.39, 0.29) is 18.4 Å². The Morgan fingerprint density at radius 3 is 2.62 bits per heavy atom. The van der Waals surface area contributed by atoms with E-state index in [0.29, 0.717) is 24.5 Å². The van der Waals surface area contributed by atoms with Gasteiger partial charge in [0.1, 0.15) is 12.4 Å². The third kappa shape index (κ3) is 3.38. The third-order valence-corrected chi connectivity index (χ3v) is 3.55. The van der Waals surface area contributed by atoms with E-state index in [4.69, 9.17) is 10.00 Å². The second-order valence-corrected chi connectivity index (χ2v) is 5.34. The predicted octanol–water partition coefficient (Wildman–Crippen LogP) is 0.674. The minimum Gasteiger partial charge on any atom is -0.492 e. The van der Waals surface area contributed by atoms with E-state index in [2.05, 4.69) is 5.32 Å². The predicted molar refractivity (Wildman–Crippen MR) is 75.5 cm³/mol. The largest absolute Gasteiger partial charge is 0.492 e. The van der Waals surface area contributed by atoms with Crippen molar-refractivity contribution in [2.24, 2.45) is 0 Å². The van der Waals surface area contributed by atoms with Gasteiger partial charge in [-0.25, -0.2) is 0 Å². The van der Waals surface area contributed by atoms with E-state index in [0.717, 1.165) is 0 Å². The van der Waals surface area contributed by atoms with Gasteiger partial charge in [-0.3, -0.25) is 19.8 Å². The number of rotatable bonds is 4. The minimum absolute atomic E-state index is 0.176. The number of ether oxygens (including phenoxy) is 1. The van der Waals surface area contributed by atoms with E-state index >= 15 is 0 Å². The molecular formula is C15H17N3O3. The van der Waals surface area contributed by atoms with Crippen LogP contribution in [0.3, 0.4) is 0 Å². The SMILES string of the molecule is CC1(C)C(=O)NC(=O)CN1CCOc1ccc(C#N)cc1.